The Morgan fingerprint density at radius 3 is 1.18 bits per heavy atom. The zero-order valence-corrected chi connectivity index (χ0v) is 40.8. The van der Waals surface area contributed by atoms with Crippen LogP contribution in [-0.2, 0) is 4.79 Å². The van der Waals surface area contributed by atoms with Crippen molar-refractivity contribution in [2.75, 3.05) is 66.0 Å². The first-order valence-electron chi connectivity index (χ1n) is 23.0. The summed E-state index contributed by atoms with van der Waals surface area (Å²) < 4.78 is 25.2. The summed E-state index contributed by atoms with van der Waals surface area (Å²) >= 11 is 0. The highest BCUT2D eigenvalue weighted by Crippen LogP contribution is 2.32. The van der Waals surface area contributed by atoms with E-state index in [4.69, 9.17) is 0 Å². The van der Waals surface area contributed by atoms with Crippen molar-refractivity contribution < 1.29 is 13.6 Å². The van der Waals surface area contributed by atoms with Crippen molar-refractivity contribution in [3.63, 3.8) is 0 Å². The predicted molar refractivity (Wildman–Crippen MR) is 245 cm³/mol. The lowest BCUT2D eigenvalue weighted by Crippen LogP contribution is -2.37. The van der Waals surface area contributed by atoms with Crippen LogP contribution in [0.5, 0.6) is 0 Å². The second-order valence-corrected chi connectivity index (χ2v) is 19.7. The summed E-state index contributed by atoms with van der Waals surface area (Å²) in [6, 6.07) is 0. The molecule has 0 N–H and O–H groups in total. The van der Waals surface area contributed by atoms with Crippen LogP contribution in [0.3, 0.4) is 0 Å². The molecule has 0 spiro atoms. The van der Waals surface area contributed by atoms with Gasteiger partial charge in [0.05, 0.1) is 0 Å². The average Bonchev–Trinajstić information content (AvgIpc) is 3.14. The Labute approximate surface area is 352 Å². The summed E-state index contributed by atoms with van der Waals surface area (Å²) in [5.41, 5.74) is 12.5. The van der Waals surface area contributed by atoms with Crippen LogP contribution in [0.25, 0.3) is 0 Å². The van der Waals surface area contributed by atoms with E-state index in [0.29, 0.717) is 36.8 Å². The largest absolute Gasteiger partial charge is 0.339 e. The number of rotatable bonds is 10. The van der Waals surface area contributed by atoms with Gasteiger partial charge in [-0.1, -0.05) is 157 Å². The van der Waals surface area contributed by atoms with Crippen LogP contribution < -0.4 is 0 Å². The second-order valence-electron chi connectivity index (χ2n) is 19.7. The van der Waals surface area contributed by atoms with Crippen LogP contribution in [0, 0.1) is 47.3 Å². The van der Waals surface area contributed by atoms with Crippen molar-refractivity contribution in [2.45, 2.75) is 157 Å². The van der Waals surface area contributed by atoms with Gasteiger partial charge < -0.3 is 9.80 Å². The van der Waals surface area contributed by atoms with Gasteiger partial charge in [0.15, 0.2) is 0 Å². The Morgan fingerprint density at radius 1 is 0.474 bits per heavy atom. The molecule has 0 aliphatic carbocycles. The maximum Gasteiger partial charge on any atom is 0.295 e. The van der Waals surface area contributed by atoms with Gasteiger partial charge in [0.1, 0.15) is 0 Å². The highest BCUT2D eigenvalue weighted by Gasteiger charge is 2.27. The number of nitrogens with zero attached hydrogens (tertiary/aromatic N) is 4. The van der Waals surface area contributed by atoms with E-state index < -0.39 is 6.55 Å². The minimum atomic E-state index is -2.31. The first-order valence-corrected chi connectivity index (χ1v) is 23.0. The van der Waals surface area contributed by atoms with Gasteiger partial charge in [-0.05, 0) is 92.2 Å². The molecule has 7 heteroatoms. The molecule has 0 bridgehead atoms. The van der Waals surface area contributed by atoms with Gasteiger partial charge in [-0.25, -0.2) is 4.90 Å². The molecule has 0 atom stereocenters. The molecule has 4 heterocycles. The Hall–Kier alpha value is -1.83. The van der Waals surface area contributed by atoms with Gasteiger partial charge in [0.25, 0.3) is 6.55 Å². The third-order valence-corrected chi connectivity index (χ3v) is 12.7. The molecular formula is C50H92F2N4O. The standard InChI is InChI=1S/C13H23NO.C13H25N.C12H21F2N.C12H23N/c1-9(2)12-6-7-14(11(5)15)8-13(12)10(3)4;1-6-14-8-7-12(10(2)3)13(9-14)11(4)5;1-8(2)10-5-6-15(12(13)14)7-11(10)9(3)4;1-9(2)11-6-7-13(5)8-12(11)10(3)4/h9-10H,6-8H2,1-5H3;10-11H,6-9H2,1-5H3;8-9,12H,5-7H2,1-4H3;9-10H,6-8H2,1-5H3. The molecule has 332 valence electrons. The minimum Gasteiger partial charge on any atom is -0.339 e. The number of amides is 1. The number of likely N-dealkylation sites (N-methyl/N-ethyl adjacent to an activating group) is 2. The van der Waals surface area contributed by atoms with Crippen molar-refractivity contribution >= 4 is 5.91 Å². The fraction of sp³-hybridized carbons (Fsp3) is 0.820. The van der Waals surface area contributed by atoms with E-state index in [0.717, 1.165) is 49.6 Å². The highest BCUT2D eigenvalue weighted by atomic mass is 19.3. The maximum absolute atomic E-state index is 12.6. The number of carbonyl (C=O) groups is 1. The van der Waals surface area contributed by atoms with Gasteiger partial charge in [-0.2, -0.15) is 8.78 Å². The second kappa shape index (κ2) is 25.7. The van der Waals surface area contributed by atoms with Crippen molar-refractivity contribution in [2.24, 2.45) is 47.3 Å². The molecule has 0 aromatic heterocycles. The predicted octanol–water partition coefficient (Wildman–Crippen LogP) is 12.6. The fourth-order valence-electron chi connectivity index (χ4n) is 8.99. The minimum absolute atomic E-state index is 0.205. The summed E-state index contributed by atoms with van der Waals surface area (Å²) in [6.45, 7) is 46.4. The molecule has 0 radical (unpaired) electrons. The van der Waals surface area contributed by atoms with Crippen LogP contribution in [-0.4, -0.2) is 98.0 Å². The Bertz CT molecular complexity index is 1350. The molecule has 5 nitrogen and oxygen atoms in total. The molecule has 0 saturated carbocycles. The van der Waals surface area contributed by atoms with Gasteiger partial charge in [0, 0.05) is 59.3 Å². The van der Waals surface area contributed by atoms with Crippen LogP contribution in [0.2, 0.25) is 0 Å². The molecule has 0 saturated heterocycles. The van der Waals surface area contributed by atoms with Gasteiger partial charge in [-0.15, -0.1) is 0 Å². The van der Waals surface area contributed by atoms with Crippen LogP contribution in [0.4, 0.5) is 8.78 Å². The number of hydrogen-bond acceptors (Lipinski definition) is 4. The topological polar surface area (TPSA) is 30.0 Å². The molecule has 1 amide bonds. The van der Waals surface area contributed by atoms with Gasteiger partial charge in [-0.3, -0.25) is 9.69 Å². The third-order valence-electron chi connectivity index (χ3n) is 12.7. The number of alkyl halides is 2. The number of carbonyl (C=O) groups excluding carboxylic acids is 1. The van der Waals surface area contributed by atoms with Crippen LogP contribution >= 0.6 is 0 Å². The molecule has 0 fully saturated rings. The SMILES string of the molecule is CC(=O)N1CCC(C(C)C)=C(C(C)C)C1.CC(C)C1=C(C(C)C)CN(C(F)F)CC1.CC(C)C1=C(C(C)C)CN(C)CC1.CCN1CCC(C(C)C)=C(C(C)C)C1. The smallest absolute Gasteiger partial charge is 0.295 e. The number of hydrogen-bond donors (Lipinski definition) is 0. The quantitative estimate of drug-likeness (QED) is 0.163. The van der Waals surface area contributed by atoms with E-state index >= 15 is 0 Å². The summed E-state index contributed by atoms with van der Waals surface area (Å²) in [6.07, 6.45) is 4.43. The van der Waals surface area contributed by atoms with Gasteiger partial charge >= 0.3 is 0 Å². The Morgan fingerprint density at radius 2 is 0.807 bits per heavy atom. The molecule has 0 unspecified atom stereocenters. The lowest BCUT2D eigenvalue weighted by Gasteiger charge is -2.33. The molecule has 4 aliphatic heterocycles. The van der Waals surface area contributed by atoms with E-state index in [2.05, 4.69) is 135 Å². The van der Waals surface area contributed by atoms with Crippen LogP contribution in [0.15, 0.2) is 44.6 Å². The molecule has 57 heavy (non-hydrogen) atoms. The summed E-state index contributed by atoms with van der Waals surface area (Å²) in [4.78, 5) is 19.6. The molecular weight excluding hydrogens is 711 g/mol. The number of halogens is 2. The summed E-state index contributed by atoms with van der Waals surface area (Å²) in [7, 11) is 2.22. The zero-order chi connectivity index (χ0) is 43.9. The summed E-state index contributed by atoms with van der Waals surface area (Å²) in [5, 5.41) is 0. The average molecular weight is 803 g/mol. The zero-order valence-electron chi connectivity index (χ0n) is 40.8. The van der Waals surface area contributed by atoms with Crippen molar-refractivity contribution in [1.29, 1.82) is 0 Å². The first-order chi connectivity index (χ1) is 26.4. The molecule has 4 aliphatic rings. The Balaban J connectivity index is 0.000000381. The summed E-state index contributed by atoms with van der Waals surface area (Å²) in [5.74, 6) is 5.18. The fourth-order valence-corrected chi connectivity index (χ4v) is 8.99. The first kappa shape index (κ1) is 53.2. The van der Waals surface area contributed by atoms with Crippen molar-refractivity contribution in [1.82, 2.24) is 19.6 Å². The lowest BCUT2D eigenvalue weighted by atomic mass is 9.85. The van der Waals surface area contributed by atoms with Gasteiger partial charge in [0.2, 0.25) is 5.91 Å². The van der Waals surface area contributed by atoms with E-state index in [-0.39, 0.29) is 5.91 Å². The van der Waals surface area contributed by atoms with E-state index in [1.54, 1.807) is 34.8 Å². The van der Waals surface area contributed by atoms with Crippen molar-refractivity contribution in [3.8, 4) is 0 Å². The lowest BCUT2D eigenvalue weighted by molar-refractivity contribution is -0.128. The van der Waals surface area contributed by atoms with E-state index in [1.165, 1.54) is 67.2 Å². The van der Waals surface area contributed by atoms with E-state index in [1.807, 2.05) is 4.90 Å². The third kappa shape index (κ3) is 17.4. The van der Waals surface area contributed by atoms with Crippen molar-refractivity contribution in [3.05, 3.63) is 44.6 Å². The molecule has 0 aromatic carbocycles. The Kier molecular flexibility index (Phi) is 24.0. The monoisotopic (exact) mass is 803 g/mol. The molecule has 0 aromatic rings. The normalized spacial score (nSPS) is 19.5. The maximum atomic E-state index is 12.6. The van der Waals surface area contributed by atoms with E-state index in [9.17, 15) is 13.6 Å². The highest BCUT2D eigenvalue weighted by molar-refractivity contribution is 5.73. The van der Waals surface area contributed by atoms with Crippen LogP contribution in [0.1, 0.15) is 150 Å². The molecule has 4 rings (SSSR count).